The Morgan fingerprint density at radius 1 is 1.09 bits per heavy atom. The summed E-state index contributed by atoms with van der Waals surface area (Å²) < 4.78 is 60.7. The summed E-state index contributed by atoms with van der Waals surface area (Å²) >= 11 is 6.17. The summed E-state index contributed by atoms with van der Waals surface area (Å²) in [6, 6.07) is 0.000712. The molecule has 258 valence electrons. The maximum atomic E-state index is 13.3. The first kappa shape index (κ1) is 36.0. The van der Waals surface area contributed by atoms with Crippen molar-refractivity contribution in [2.24, 2.45) is 0 Å². The fraction of sp³-hybridized carbons (Fsp3) is 0.720. The van der Waals surface area contributed by atoms with E-state index < -0.39 is 83.2 Å². The number of nitrogens with one attached hydrogen (secondary N) is 1. The lowest BCUT2D eigenvalue weighted by molar-refractivity contribution is -0.0653. The standard InChI is InChI=1S/C25H37ClN5O14P/c1-13(2)43-24(34)39-10-41-46(36,42-11-40-25(35)44-14(3)4)12-38-8-16-18(32)19(33)22(45-16)31-9-27-17-20(28-15-5-6-37-7-15)29-23(26)30-21(17)31/h9,13-16,18-19,22,32-33H,5-8,10-12H2,1-4H3,(H,28,29,30)/t15-,16+,18+,19+,22+/m0/s1. The van der Waals surface area contributed by atoms with Gasteiger partial charge in [0.1, 0.15) is 24.7 Å². The van der Waals surface area contributed by atoms with E-state index in [-0.39, 0.29) is 17.0 Å². The Balaban J connectivity index is 1.38. The fourth-order valence-electron chi connectivity index (χ4n) is 4.27. The van der Waals surface area contributed by atoms with E-state index in [1.165, 1.54) is 10.9 Å². The zero-order valence-electron chi connectivity index (χ0n) is 25.5. The van der Waals surface area contributed by atoms with Gasteiger partial charge in [-0.3, -0.25) is 18.2 Å². The minimum atomic E-state index is -4.26. The van der Waals surface area contributed by atoms with E-state index in [9.17, 15) is 24.4 Å². The molecule has 46 heavy (non-hydrogen) atoms. The number of carbonyl (C=O) groups is 2. The van der Waals surface area contributed by atoms with Crippen LogP contribution in [0.2, 0.25) is 5.28 Å². The van der Waals surface area contributed by atoms with E-state index in [1.54, 1.807) is 27.7 Å². The van der Waals surface area contributed by atoms with Crippen molar-refractivity contribution < 1.29 is 66.6 Å². The Morgan fingerprint density at radius 3 is 2.33 bits per heavy atom. The van der Waals surface area contributed by atoms with E-state index in [4.69, 9.17) is 53.8 Å². The lowest BCUT2D eigenvalue weighted by Crippen LogP contribution is -2.34. The van der Waals surface area contributed by atoms with Crippen molar-refractivity contribution in [2.45, 2.75) is 76.9 Å². The van der Waals surface area contributed by atoms with Crippen LogP contribution in [0.4, 0.5) is 15.4 Å². The summed E-state index contributed by atoms with van der Waals surface area (Å²) in [5.41, 5.74) is 0.591. The first-order chi connectivity index (χ1) is 21.8. The van der Waals surface area contributed by atoms with Gasteiger partial charge in [-0.2, -0.15) is 9.97 Å². The first-order valence-corrected chi connectivity index (χ1v) is 16.3. The number of aliphatic hydroxyl groups is 2. The van der Waals surface area contributed by atoms with Crippen LogP contribution in [0.3, 0.4) is 0 Å². The second kappa shape index (κ2) is 16.3. The van der Waals surface area contributed by atoms with Gasteiger partial charge in [0.05, 0.1) is 37.8 Å². The molecular formula is C25H37ClN5O14P. The summed E-state index contributed by atoms with van der Waals surface area (Å²) in [6.07, 6.45) is -6.99. The molecule has 0 saturated carbocycles. The van der Waals surface area contributed by atoms with E-state index in [0.717, 1.165) is 6.42 Å². The molecule has 3 N–H and O–H groups in total. The number of hydrogen-bond acceptors (Lipinski definition) is 18. The van der Waals surface area contributed by atoms with Gasteiger partial charge in [-0.1, -0.05) is 0 Å². The highest BCUT2D eigenvalue weighted by Gasteiger charge is 2.45. The average Bonchev–Trinajstić information content (AvgIpc) is 3.69. The molecule has 0 bridgehead atoms. The Bertz CT molecular complexity index is 1340. The molecule has 21 heteroatoms. The lowest BCUT2D eigenvalue weighted by atomic mass is 10.1. The number of carbonyl (C=O) groups excluding carboxylic acids is 2. The number of halogens is 1. The van der Waals surface area contributed by atoms with E-state index >= 15 is 0 Å². The van der Waals surface area contributed by atoms with E-state index in [2.05, 4.69) is 20.3 Å². The first-order valence-electron chi connectivity index (χ1n) is 14.2. The zero-order chi connectivity index (χ0) is 33.4. The third-order valence-electron chi connectivity index (χ3n) is 6.32. The number of aliphatic hydroxyl groups excluding tert-OH is 2. The number of ether oxygens (including phenoxy) is 7. The van der Waals surface area contributed by atoms with Crippen molar-refractivity contribution in [3.8, 4) is 0 Å². The van der Waals surface area contributed by atoms with Crippen LogP contribution in [0.5, 0.6) is 0 Å². The maximum Gasteiger partial charge on any atom is 0.510 e. The highest BCUT2D eigenvalue weighted by Crippen LogP contribution is 2.48. The Kier molecular flexibility index (Phi) is 12.7. The fourth-order valence-corrected chi connectivity index (χ4v) is 5.41. The normalized spacial score (nSPS) is 23.3. The molecule has 2 aliphatic rings. The molecule has 0 spiro atoms. The SMILES string of the molecule is CC(C)OC(=O)OCOP(=O)(COC[C@H]1O[C@@H](n2cnc3c(N[C@H]4CCOC4)nc(Cl)nc32)[C@H](O)[C@@H]1O)OCOC(=O)OC(C)C. The van der Waals surface area contributed by atoms with Gasteiger partial charge in [0, 0.05) is 6.61 Å². The molecule has 5 atom stereocenters. The summed E-state index contributed by atoms with van der Waals surface area (Å²) in [5.74, 6) is 0.371. The number of hydrogen-bond donors (Lipinski definition) is 3. The van der Waals surface area contributed by atoms with Crippen molar-refractivity contribution in [2.75, 3.05) is 45.1 Å². The van der Waals surface area contributed by atoms with Gasteiger partial charge in [0.2, 0.25) is 18.9 Å². The van der Waals surface area contributed by atoms with Crippen LogP contribution < -0.4 is 5.32 Å². The maximum absolute atomic E-state index is 13.3. The molecule has 2 aromatic rings. The monoisotopic (exact) mass is 697 g/mol. The van der Waals surface area contributed by atoms with Crippen molar-refractivity contribution >= 4 is 48.5 Å². The Labute approximate surface area is 268 Å². The number of imidazole rings is 1. The molecule has 0 radical (unpaired) electrons. The third kappa shape index (κ3) is 9.82. The summed E-state index contributed by atoms with van der Waals surface area (Å²) in [5, 5.41) is 24.7. The van der Waals surface area contributed by atoms with Gasteiger partial charge in [0.15, 0.2) is 23.2 Å². The van der Waals surface area contributed by atoms with Gasteiger partial charge in [0.25, 0.3) is 0 Å². The van der Waals surface area contributed by atoms with Gasteiger partial charge in [-0.25, -0.2) is 14.6 Å². The molecule has 19 nitrogen and oxygen atoms in total. The van der Waals surface area contributed by atoms with Crippen molar-refractivity contribution in [1.82, 2.24) is 19.5 Å². The smallest absolute Gasteiger partial charge is 0.432 e. The summed E-state index contributed by atoms with van der Waals surface area (Å²) in [6.45, 7) is 5.36. The molecule has 2 fully saturated rings. The van der Waals surface area contributed by atoms with Gasteiger partial charge < -0.3 is 48.7 Å². The highest BCUT2D eigenvalue weighted by molar-refractivity contribution is 7.53. The number of nitrogens with zero attached hydrogens (tertiary/aromatic N) is 4. The van der Waals surface area contributed by atoms with Gasteiger partial charge in [-0.15, -0.1) is 0 Å². The molecule has 0 aliphatic carbocycles. The second-order valence-electron chi connectivity index (χ2n) is 10.6. The topological polar surface area (TPSA) is 230 Å². The zero-order valence-corrected chi connectivity index (χ0v) is 27.1. The molecule has 0 unspecified atom stereocenters. The second-order valence-corrected chi connectivity index (χ2v) is 13.0. The van der Waals surface area contributed by atoms with Gasteiger partial charge >= 0.3 is 19.9 Å². The largest absolute Gasteiger partial charge is 0.510 e. The van der Waals surface area contributed by atoms with Crippen LogP contribution in [0, 0.1) is 0 Å². The molecule has 0 amide bonds. The van der Waals surface area contributed by atoms with Crippen LogP contribution in [-0.4, -0.2) is 118 Å². The van der Waals surface area contributed by atoms with Crippen molar-refractivity contribution in [3.05, 3.63) is 11.6 Å². The van der Waals surface area contributed by atoms with Gasteiger partial charge in [-0.05, 0) is 45.7 Å². The summed E-state index contributed by atoms with van der Waals surface area (Å²) in [7, 11) is -4.26. The Hall–Kier alpha value is -2.87. The van der Waals surface area contributed by atoms with Crippen molar-refractivity contribution in [3.63, 3.8) is 0 Å². The number of fused-ring (bicyclic) bond motifs is 1. The highest BCUT2D eigenvalue weighted by atomic mass is 35.5. The molecule has 2 saturated heterocycles. The number of rotatable bonds is 15. The Morgan fingerprint density at radius 2 is 1.74 bits per heavy atom. The molecule has 2 aliphatic heterocycles. The van der Waals surface area contributed by atoms with Crippen LogP contribution in [0.1, 0.15) is 40.3 Å². The molecular weight excluding hydrogens is 661 g/mol. The number of aromatic nitrogens is 4. The summed E-state index contributed by atoms with van der Waals surface area (Å²) in [4.78, 5) is 36.1. The molecule has 4 heterocycles. The van der Waals surface area contributed by atoms with Crippen LogP contribution in [0.15, 0.2) is 6.33 Å². The third-order valence-corrected chi connectivity index (χ3v) is 7.99. The molecule has 2 aromatic heterocycles. The predicted molar refractivity (Wildman–Crippen MR) is 155 cm³/mol. The number of anilines is 1. The minimum Gasteiger partial charge on any atom is -0.432 e. The van der Waals surface area contributed by atoms with Crippen LogP contribution in [0.25, 0.3) is 11.2 Å². The van der Waals surface area contributed by atoms with Crippen molar-refractivity contribution in [1.29, 1.82) is 0 Å². The van der Waals surface area contributed by atoms with E-state index in [0.29, 0.717) is 24.5 Å². The average molecular weight is 698 g/mol. The lowest BCUT2D eigenvalue weighted by Gasteiger charge is -2.20. The predicted octanol–water partition coefficient (Wildman–Crippen LogP) is 2.54. The quantitative estimate of drug-likeness (QED) is 0.105. The molecule has 4 rings (SSSR count). The minimum absolute atomic E-state index is 0.000712. The molecule has 0 aromatic carbocycles. The van der Waals surface area contributed by atoms with E-state index in [1.807, 2.05) is 0 Å². The van der Waals surface area contributed by atoms with Crippen LogP contribution in [-0.2, 0) is 46.8 Å². The van der Waals surface area contributed by atoms with Crippen LogP contribution >= 0.6 is 19.2 Å².